The van der Waals surface area contributed by atoms with Crippen LogP contribution in [0.4, 0.5) is 13.2 Å². The highest BCUT2D eigenvalue weighted by Crippen LogP contribution is 2.37. The molecule has 2 atom stereocenters. The third-order valence-electron chi connectivity index (χ3n) is 5.79. The third-order valence-corrected chi connectivity index (χ3v) is 11.9. The Labute approximate surface area is 194 Å². The predicted molar refractivity (Wildman–Crippen MR) is 122 cm³/mol. The van der Waals surface area contributed by atoms with Crippen molar-refractivity contribution in [3.63, 3.8) is 0 Å². The van der Waals surface area contributed by atoms with Gasteiger partial charge in [0.15, 0.2) is 0 Å². The van der Waals surface area contributed by atoms with E-state index in [1.807, 2.05) is 81.4 Å². The average molecular weight is 503 g/mol. The molecule has 2 aromatic carbocycles. The molecule has 1 heterocycles. The Hall–Kier alpha value is -1.72. The summed E-state index contributed by atoms with van der Waals surface area (Å²) in [5.41, 5.74) is -5.53. The molecule has 182 valence electrons. The smallest absolute Gasteiger partial charge is 0.405 e. The maximum atomic E-state index is 13.1. The van der Waals surface area contributed by atoms with E-state index in [0.717, 1.165) is 10.4 Å². The SMILES string of the molecule is CC(C)(C)[Si](OC[C@H](OS(=O)(=O)C(F)(F)F)[C@H]1CCCO1)(c1ccccc1)c1ccccc1. The molecular formula is C23H29F3O5SSi. The third kappa shape index (κ3) is 5.51. The fraction of sp³-hybridized carbons (Fsp3) is 0.478. The molecule has 1 fully saturated rings. The molecule has 1 aliphatic heterocycles. The molecule has 0 unspecified atom stereocenters. The first-order valence-electron chi connectivity index (χ1n) is 10.7. The van der Waals surface area contributed by atoms with Crippen LogP contribution in [0.2, 0.25) is 5.04 Å². The van der Waals surface area contributed by atoms with Crippen LogP contribution in [0.25, 0.3) is 0 Å². The fourth-order valence-corrected chi connectivity index (χ4v) is 9.46. The molecular weight excluding hydrogens is 473 g/mol. The fourth-order valence-electron chi connectivity index (χ4n) is 4.28. The van der Waals surface area contributed by atoms with E-state index in [9.17, 15) is 21.6 Å². The van der Waals surface area contributed by atoms with E-state index in [4.69, 9.17) is 9.16 Å². The average Bonchev–Trinajstić information content (AvgIpc) is 3.28. The Morgan fingerprint density at radius 2 is 1.52 bits per heavy atom. The van der Waals surface area contributed by atoms with Crippen LogP contribution in [0.1, 0.15) is 33.6 Å². The second kappa shape index (κ2) is 9.87. The number of rotatable bonds is 8. The first kappa shape index (κ1) is 25.9. The van der Waals surface area contributed by atoms with Crippen molar-refractivity contribution >= 4 is 28.8 Å². The standard InChI is InChI=1S/C23H29F3O5SSi/c1-22(2,3)33(18-11-6-4-7-12-18,19-13-8-5-9-14-19)30-17-21(20-15-10-16-29-20)31-32(27,28)23(24,25)26/h4-9,11-14,20-21H,10,15-17H2,1-3H3/t20-,21+/m1/s1. The van der Waals surface area contributed by atoms with Crippen LogP contribution in [0.3, 0.4) is 0 Å². The van der Waals surface area contributed by atoms with Crippen molar-refractivity contribution in [1.82, 2.24) is 0 Å². The molecule has 2 aromatic rings. The van der Waals surface area contributed by atoms with Crippen LogP contribution >= 0.6 is 0 Å². The number of alkyl halides is 3. The van der Waals surface area contributed by atoms with Gasteiger partial charge in [0, 0.05) is 6.61 Å². The summed E-state index contributed by atoms with van der Waals surface area (Å²) < 4.78 is 79.7. The van der Waals surface area contributed by atoms with E-state index in [0.29, 0.717) is 19.4 Å². The highest BCUT2D eigenvalue weighted by atomic mass is 32.2. The second-order valence-corrected chi connectivity index (χ2v) is 14.9. The van der Waals surface area contributed by atoms with E-state index in [1.165, 1.54) is 0 Å². The number of benzene rings is 2. The summed E-state index contributed by atoms with van der Waals surface area (Å²) in [7, 11) is -8.91. The molecule has 5 nitrogen and oxygen atoms in total. The molecule has 0 aromatic heterocycles. The monoisotopic (exact) mass is 502 g/mol. The Balaban J connectivity index is 2.04. The van der Waals surface area contributed by atoms with Crippen LogP contribution in [0.5, 0.6) is 0 Å². The first-order valence-corrected chi connectivity index (χ1v) is 14.1. The van der Waals surface area contributed by atoms with Crippen molar-refractivity contribution in [3.8, 4) is 0 Å². The van der Waals surface area contributed by atoms with Crippen molar-refractivity contribution < 1.29 is 34.9 Å². The zero-order valence-electron chi connectivity index (χ0n) is 18.8. The minimum Gasteiger partial charge on any atom is -0.405 e. The molecule has 1 saturated heterocycles. The minimum atomic E-state index is -5.81. The molecule has 0 amide bonds. The molecule has 0 saturated carbocycles. The highest BCUT2D eigenvalue weighted by molar-refractivity contribution is 7.87. The Bertz CT molecular complexity index is 962. The summed E-state index contributed by atoms with van der Waals surface area (Å²) in [4.78, 5) is 0. The van der Waals surface area contributed by atoms with Gasteiger partial charge in [0.2, 0.25) is 0 Å². The van der Waals surface area contributed by atoms with Gasteiger partial charge in [0.1, 0.15) is 6.10 Å². The van der Waals surface area contributed by atoms with Gasteiger partial charge in [-0.15, -0.1) is 0 Å². The lowest BCUT2D eigenvalue weighted by Gasteiger charge is -2.43. The van der Waals surface area contributed by atoms with Gasteiger partial charge in [-0.3, -0.25) is 4.18 Å². The van der Waals surface area contributed by atoms with E-state index in [2.05, 4.69) is 4.18 Å². The van der Waals surface area contributed by atoms with Crippen molar-refractivity contribution in [2.24, 2.45) is 0 Å². The summed E-state index contributed by atoms with van der Waals surface area (Å²) in [6.07, 6.45) is -1.22. The van der Waals surface area contributed by atoms with E-state index >= 15 is 0 Å². The topological polar surface area (TPSA) is 61.8 Å². The largest absolute Gasteiger partial charge is 0.523 e. The molecule has 0 N–H and O–H groups in total. The van der Waals surface area contributed by atoms with Gasteiger partial charge in [0.25, 0.3) is 8.32 Å². The van der Waals surface area contributed by atoms with Crippen LogP contribution < -0.4 is 10.4 Å². The zero-order valence-corrected chi connectivity index (χ0v) is 20.7. The zero-order chi connectivity index (χ0) is 24.3. The van der Waals surface area contributed by atoms with Gasteiger partial charge in [-0.05, 0) is 28.3 Å². The first-order chi connectivity index (χ1) is 15.4. The number of halogens is 3. The molecule has 0 spiro atoms. The summed E-state index contributed by atoms with van der Waals surface area (Å²) in [6, 6.07) is 19.1. The van der Waals surface area contributed by atoms with Crippen LogP contribution in [-0.2, 0) is 23.5 Å². The Kier molecular flexibility index (Phi) is 7.74. The van der Waals surface area contributed by atoms with Crippen molar-refractivity contribution in [1.29, 1.82) is 0 Å². The molecule has 0 radical (unpaired) electrons. The number of hydrogen-bond acceptors (Lipinski definition) is 5. The van der Waals surface area contributed by atoms with Gasteiger partial charge in [0.05, 0.1) is 12.7 Å². The highest BCUT2D eigenvalue weighted by Gasteiger charge is 2.53. The lowest BCUT2D eigenvalue weighted by molar-refractivity contribution is -0.0692. The van der Waals surface area contributed by atoms with Crippen LogP contribution in [-0.4, -0.2) is 47.7 Å². The quantitative estimate of drug-likeness (QED) is 0.311. The van der Waals surface area contributed by atoms with Gasteiger partial charge < -0.3 is 9.16 Å². The normalized spacial score (nSPS) is 18.9. The molecule has 1 aliphatic rings. The minimum absolute atomic E-state index is 0.329. The lowest BCUT2D eigenvalue weighted by atomic mass is 10.1. The predicted octanol–water partition coefficient (Wildman–Crippen LogP) is 3.98. The van der Waals surface area contributed by atoms with Gasteiger partial charge in [-0.25, -0.2) is 0 Å². The van der Waals surface area contributed by atoms with Gasteiger partial charge in [-0.1, -0.05) is 81.4 Å². The number of ether oxygens (including phenoxy) is 1. The van der Waals surface area contributed by atoms with Gasteiger partial charge >= 0.3 is 15.6 Å². The van der Waals surface area contributed by atoms with Crippen molar-refractivity contribution in [3.05, 3.63) is 60.7 Å². The van der Waals surface area contributed by atoms with E-state index in [1.54, 1.807) is 0 Å². The molecule has 0 bridgehead atoms. The van der Waals surface area contributed by atoms with Gasteiger partial charge in [-0.2, -0.15) is 21.6 Å². The Morgan fingerprint density at radius 1 is 1.00 bits per heavy atom. The summed E-state index contributed by atoms with van der Waals surface area (Å²) in [5, 5.41) is 1.42. The lowest BCUT2D eigenvalue weighted by Crippen LogP contribution is -2.67. The van der Waals surface area contributed by atoms with Crippen molar-refractivity contribution in [2.75, 3.05) is 13.2 Å². The number of hydrogen-bond donors (Lipinski definition) is 0. The maximum Gasteiger partial charge on any atom is 0.523 e. The summed E-state index contributed by atoms with van der Waals surface area (Å²) >= 11 is 0. The molecule has 10 heteroatoms. The molecule has 3 rings (SSSR count). The summed E-state index contributed by atoms with van der Waals surface area (Å²) in [5.74, 6) is 0. The van der Waals surface area contributed by atoms with E-state index in [-0.39, 0.29) is 6.61 Å². The second-order valence-electron chi connectivity index (χ2n) is 9.06. The van der Waals surface area contributed by atoms with Crippen LogP contribution in [0.15, 0.2) is 60.7 Å². The summed E-state index contributed by atoms with van der Waals surface area (Å²) in [6.45, 7) is 6.04. The molecule has 33 heavy (non-hydrogen) atoms. The maximum absolute atomic E-state index is 13.1. The Morgan fingerprint density at radius 3 is 1.91 bits per heavy atom. The van der Waals surface area contributed by atoms with Crippen LogP contribution in [0, 0.1) is 0 Å². The van der Waals surface area contributed by atoms with E-state index < -0.39 is 41.2 Å². The van der Waals surface area contributed by atoms with Crippen molar-refractivity contribution in [2.45, 2.75) is 56.4 Å². The molecule has 0 aliphatic carbocycles.